The van der Waals surface area contributed by atoms with Gasteiger partial charge in [-0.05, 0) is 6.07 Å². The van der Waals surface area contributed by atoms with Gasteiger partial charge in [0.2, 0.25) is 5.95 Å². The average Bonchev–Trinajstić information content (AvgIpc) is 3.26. The zero-order chi connectivity index (χ0) is 21.9. The second kappa shape index (κ2) is 8.72. The minimum Gasteiger partial charge on any atom is -0.497 e. The van der Waals surface area contributed by atoms with Gasteiger partial charge in [-0.25, -0.2) is 4.52 Å². The summed E-state index contributed by atoms with van der Waals surface area (Å²) in [5, 5.41) is 7.83. The molecule has 9 heteroatoms. The maximum Gasteiger partial charge on any atom is 0.247 e. The summed E-state index contributed by atoms with van der Waals surface area (Å²) >= 11 is 0. The predicted molar refractivity (Wildman–Crippen MR) is 122 cm³/mol. The Balaban J connectivity index is 1.53. The van der Waals surface area contributed by atoms with E-state index in [1.807, 2.05) is 30.3 Å². The van der Waals surface area contributed by atoms with Crippen molar-refractivity contribution in [2.45, 2.75) is 0 Å². The van der Waals surface area contributed by atoms with Crippen LogP contribution in [0.1, 0.15) is 0 Å². The van der Waals surface area contributed by atoms with Gasteiger partial charge in [-0.3, -0.25) is 4.98 Å². The molecule has 1 N–H and O–H groups in total. The number of fused-ring (bicyclic) bond motifs is 1. The molecule has 164 valence electrons. The molecular weight excluding hydrogens is 408 g/mol. The predicted octanol–water partition coefficient (Wildman–Crippen LogP) is 3.39. The van der Waals surface area contributed by atoms with E-state index in [2.05, 4.69) is 32.4 Å². The van der Waals surface area contributed by atoms with Crippen LogP contribution in [0.3, 0.4) is 0 Å². The van der Waals surface area contributed by atoms with Gasteiger partial charge in [0.25, 0.3) is 0 Å². The number of rotatable bonds is 6. The molecular formula is C23H24N6O3. The first-order valence-electron chi connectivity index (χ1n) is 10.4. The zero-order valence-electron chi connectivity index (χ0n) is 18.0. The van der Waals surface area contributed by atoms with E-state index in [4.69, 9.17) is 19.2 Å². The molecule has 2 aromatic heterocycles. The third-order valence-electron chi connectivity index (χ3n) is 5.37. The molecule has 0 radical (unpaired) electrons. The van der Waals surface area contributed by atoms with Crippen LogP contribution in [0, 0.1) is 0 Å². The van der Waals surface area contributed by atoms with Crippen LogP contribution in [0.5, 0.6) is 11.5 Å². The van der Waals surface area contributed by atoms with Crippen molar-refractivity contribution in [3.8, 4) is 22.8 Å². The Morgan fingerprint density at radius 1 is 1.00 bits per heavy atom. The second-order valence-corrected chi connectivity index (χ2v) is 7.32. The van der Waals surface area contributed by atoms with E-state index in [0.29, 0.717) is 23.1 Å². The Bertz CT molecular complexity index is 1210. The monoisotopic (exact) mass is 432 g/mol. The number of morpholine rings is 1. The summed E-state index contributed by atoms with van der Waals surface area (Å²) in [5.74, 6) is 1.81. The summed E-state index contributed by atoms with van der Waals surface area (Å²) in [7, 11) is 3.23. The summed E-state index contributed by atoms with van der Waals surface area (Å²) in [6.07, 6.45) is 3.53. The summed E-state index contributed by atoms with van der Waals surface area (Å²) in [6, 6.07) is 13.8. The Morgan fingerprint density at radius 2 is 1.75 bits per heavy atom. The molecule has 0 spiro atoms. The first kappa shape index (κ1) is 20.1. The van der Waals surface area contributed by atoms with Crippen LogP contribution in [0.15, 0.2) is 54.9 Å². The summed E-state index contributed by atoms with van der Waals surface area (Å²) in [6.45, 7) is 3.12. The number of aromatic nitrogens is 4. The van der Waals surface area contributed by atoms with Gasteiger partial charge in [0.1, 0.15) is 17.2 Å². The molecule has 0 aliphatic carbocycles. The SMILES string of the molecule is COc1cc(Nc2nc3c(-c4ccccc4N4CCOCC4)nccn3n2)cc(OC)c1. The molecule has 1 aliphatic heterocycles. The Labute approximate surface area is 185 Å². The van der Waals surface area contributed by atoms with E-state index in [9.17, 15) is 0 Å². The molecule has 0 amide bonds. The van der Waals surface area contributed by atoms with E-state index in [-0.39, 0.29) is 0 Å². The summed E-state index contributed by atoms with van der Waals surface area (Å²) in [5.41, 5.74) is 4.35. The highest BCUT2D eigenvalue weighted by Crippen LogP contribution is 2.33. The van der Waals surface area contributed by atoms with Crippen molar-refractivity contribution in [2.75, 3.05) is 50.7 Å². The Morgan fingerprint density at radius 3 is 2.50 bits per heavy atom. The number of nitrogens with one attached hydrogen (secondary N) is 1. The van der Waals surface area contributed by atoms with Gasteiger partial charge in [-0.1, -0.05) is 18.2 Å². The molecule has 5 rings (SSSR count). The number of benzene rings is 2. The molecule has 0 unspecified atom stereocenters. The molecule has 1 aliphatic rings. The average molecular weight is 432 g/mol. The maximum absolute atomic E-state index is 5.52. The van der Waals surface area contributed by atoms with Crippen molar-refractivity contribution in [3.05, 3.63) is 54.9 Å². The molecule has 0 saturated carbocycles. The maximum atomic E-state index is 5.52. The molecule has 32 heavy (non-hydrogen) atoms. The van der Waals surface area contributed by atoms with Gasteiger partial charge in [-0.15, -0.1) is 5.10 Å². The highest BCUT2D eigenvalue weighted by Gasteiger charge is 2.19. The van der Waals surface area contributed by atoms with Gasteiger partial charge < -0.3 is 24.4 Å². The van der Waals surface area contributed by atoms with Crippen LogP contribution in [0.2, 0.25) is 0 Å². The standard InChI is InChI=1S/C23H24N6O3/c1-30-17-13-16(14-18(15-17)31-2)25-23-26-22-21(24-7-8-29(22)27-23)19-5-3-4-6-20(19)28-9-11-32-12-10-28/h3-8,13-15H,9-12H2,1-2H3,(H,25,27). The molecule has 2 aromatic carbocycles. The van der Waals surface area contributed by atoms with Crippen molar-refractivity contribution in [3.63, 3.8) is 0 Å². The lowest BCUT2D eigenvalue weighted by Crippen LogP contribution is -2.36. The number of hydrogen-bond donors (Lipinski definition) is 1. The number of nitrogens with zero attached hydrogens (tertiary/aromatic N) is 5. The van der Waals surface area contributed by atoms with E-state index in [0.717, 1.165) is 48.9 Å². The first-order chi connectivity index (χ1) is 15.7. The van der Waals surface area contributed by atoms with Crippen LogP contribution in [0.25, 0.3) is 16.9 Å². The fourth-order valence-electron chi connectivity index (χ4n) is 3.82. The van der Waals surface area contributed by atoms with Gasteiger partial charge >= 0.3 is 0 Å². The van der Waals surface area contributed by atoms with Crippen molar-refractivity contribution in [2.24, 2.45) is 0 Å². The van der Waals surface area contributed by atoms with Gasteiger partial charge in [0, 0.05) is 60.6 Å². The van der Waals surface area contributed by atoms with Crippen LogP contribution in [-0.4, -0.2) is 60.1 Å². The number of methoxy groups -OCH3 is 2. The lowest BCUT2D eigenvalue weighted by molar-refractivity contribution is 0.123. The third kappa shape index (κ3) is 3.90. The van der Waals surface area contributed by atoms with Gasteiger partial charge in [0.05, 0.1) is 27.4 Å². The normalized spacial score (nSPS) is 13.9. The van der Waals surface area contributed by atoms with Crippen molar-refractivity contribution >= 4 is 23.0 Å². The molecule has 4 aromatic rings. The minimum atomic E-state index is 0.457. The van der Waals surface area contributed by atoms with Crippen LogP contribution in [-0.2, 0) is 4.74 Å². The van der Waals surface area contributed by atoms with E-state index >= 15 is 0 Å². The molecule has 1 saturated heterocycles. The molecule has 0 atom stereocenters. The first-order valence-corrected chi connectivity index (χ1v) is 10.4. The number of para-hydroxylation sites is 1. The zero-order valence-corrected chi connectivity index (χ0v) is 18.0. The largest absolute Gasteiger partial charge is 0.497 e. The highest BCUT2D eigenvalue weighted by atomic mass is 16.5. The molecule has 9 nitrogen and oxygen atoms in total. The molecule has 3 heterocycles. The number of anilines is 3. The topological polar surface area (TPSA) is 86.0 Å². The van der Waals surface area contributed by atoms with Crippen molar-refractivity contribution in [1.82, 2.24) is 19.6 Å². The third-order valence-corrected chi connectivity index (χ3v) is 5.37. The number of hydrogen-bond acceptors (Lipinski definition) is 8. The van der Waals surface area contributed by atoms with E-state index in [1.54, 1.807) is 31.1 Å². The Kier molecular flexibility index (Phi) is 5.47. The quantitative estimate of drug-likeness (QED) is 0.496. The van der Waals surface area contributed by atoms with Crippen molar-refractivity contribution in [1.29, 1.82) is 0 Å². The number of ether oxygens (including phenoxy) is 3. The fourth-order valence-corrected chi connectivity index (χ4v) is 3.82. The van der Waals surface area contributed by atoms with E-state index < -0.39 is 0 Å². The van der Waals surface area contributed by atoms with E-state index in [1.165, 1.54) is 0 Å². The lowest BCUT2D eigenvalue weighted by Gasteiger charge is -2.30. The fraction of sp³-hybridized carbons (Fsp3) is 0.261. The van der Waals surface area contributed by atoms with Crippen LogP contribution in [0.4, 0.5) is 17.3 Å². The molecule has 1 fully saturated rings. The summed E-state index contributed by atoms with van der Waals surface area (Å²) < 4.78 is 18.0. The highest BCUT2D eigenvalue weighted by molar-refractivity contribution is 5.84. The minimum absolute atomic E-state index is 0.457. The lowest BCUT2D eigenvalue weighted by atomic mass is 10.1. The van der Waals surface area contributed by atoms with Crippen LogP contribution < -0.4 is 19.7 Å². The van der Waals surface area contributed by atoms with Crippen molar-refractivity contribution < 1.29 is 14.2 Å². The van der Waals surface area contributed by atoms with Gasteiger partial charge in [-0.2, -0.15) is 4.98 Å². The Hall–Kier alpha value is -3.85. The summed E-state index contributed by atoms with van der Waals surface area (Å²) in [4.78, 5) is 11.7. The molecule has 0 bridgehead atoms. The van der Waals surface area contributed by atoms with Crippen LogP contribution >= 0.6 is 0 Å². The van der Waals surface area contributed by atoms with Gasteiger partial charge in [0.15, 0.2) is 5.65 Å². The second-order valence-electron chi connectivity index (χ2n) is 7.32. The smallest absolute Gasteiger partial charge is 0.247 e.